The van der Waals surface area contributed by atoms with Crippen molar-refractivity contribution in [1.29, 1.82) is 0 Å². The second-order valence-corrected chi connectivity index (χ2v) is 7.67. The molecule has 0 rings (SSSR count). The van der Waals surface area contributed by atoms with E-state index in [9.17, 15) is 15.0 Å². The molecule has 3 atom stereocenters. The van der Waals surface area contributed by atoms with Gasteiger partial charge in [-0.05, 0) is 45.1 Å². The van der Waals surface area contributed by atoms with Gasteiger partial charge in [-0.1, -0.05) is 27.2 Å². The monoisotopic (exact) mass is 434 g/mol. The van der Waals surface area contributed by atoms with Crippen LogP contribution in [-0.4, -0.2) is 92.6 Å². The van der Waals surface area contributed by atoms with Gasteiger partial charge in [0.15, 0.2) is 0 Å². The van der Waals surface area contributed by atoms with Crippen LogP contribution in [0.5, 0.6) is 0 Å². The number of nitrogens with zero attached hydrogens (tertiary/aromatic N) is 1. The third-order valence-corrected chi connectivity index (χ3v) is 4.98. The van der Waals surface area contributed by atoms with Crippen molar-refractivity contribution in [2.24, 2.45) is 5.92 Å². The predicted molar refractivity (Wildman–Crippen MR) is 119 cm³/mol. The number of rotatable bonds is 20. The molecule has 0 aromatic heterocycles. The summed E-state index contributed by atoms with van der Waals surface area (Å²) in [5, 5.41) is 22.5. The highest BCUT2D eigenvalue weighted by atomic mass is 16.5. The zero-order valence-electron chi connectivity index (χ0n) is 19.6. The number of carbonyl (C=O) groups excluding carboxylic acids is 1. The summed E-state index contributed by atoms with van der Waals surface area (Å²) in [5.41, 5.74) is 0. The first-order chi connectivity index (χ1) is 14.5. The summed E-state index contributed by atoms with van der Waals surface area (Å²) in [6.45, 7) is 13.2. The van der Waals surface area contributed by atoms with Crippen molar-refractivity contribution in [1.82, 2.24) is 10.2 Å². The molecule has 0 fully saturated rings. The zero-order valence-corrected chi connectivity index (χ0v) is 19.6. The number of ether oxygens (including phenoxy) is 3. The largest absolute Gasteiger partial charge is 0.450 e. The fourth-order valence-corrected chi connectivity index (χ4v) is 2.93. The van der Waals surface area contributed by atoms with Crippen molar-refractivity contribution in [3.8, 4) is 0 Å². The molecular weight excluding hydrogens is 388 g/mol. The number of nitrogens with one attached hydrogen (secondary N) is 1. The topological polar surface area (TPSA) is 100 Å². The summed E-state index contributed by atoms with van der Waals surface area (Å²) < 4.78 is 16.1. The number of hydrogen-bond donors (Lipinski definition) is 3. The van der Waals surface area contributed by atoms with E-state index >= 15 is 0 Å². The molecule has 8 nitrogen and oxygen atoms in total. The third kappa shape index (κ3) is 16.8. The lowest BCUT2D eigenvalue weighted by Crippen LogP contribution is -2.37. The molecular formula is C22H46N2O6. The maximum absolute atomic E-state index is 11.3. The molecule has 0 heterocycles. The van der Waals surface area contributed by atoms with Crippen molar-refractivity contribution in [3.63, 3.8) is 0 Å². The van der Waals surface area contributed by atoms with Gasteiger partial charge >= 0.3 is 6.09 Å². The van der Waals surface area contributed by atoms with Crippen LogP contribution in [0.15, 0.2) is 0 Å². The lowest BCUT2D eigenvalue weighted by molar-refractivity contribution is -0.000692. The van der Waals surface area contributed by atoms with Crippen LogP contribution in [-0.2, 0) is 14.2 Å². The van der Waals surface area contributed by atoms with Crippen LogP contribution >= 0.6 is 0 Å². The van der Waals surface area contributed by atoms with Crippen LogP contribution in [0.4, 0.5) is 4.79 Å². The molecule has 0 saturated carbocycles. The fraction of sp³-hybridized carbons (Fsp3) is 0.955. The van der Waals surface area contributed by atoms with Gasteiger partial charge in [0.25, 0.3) is 0 Å². The van der Waals surface area contributed by atoms with Crippen molar-refractivity contribution >= 4 is 6.09 Å². The minimum absolute atomic E-state index is 0.326. The van der Waals surface area contributed by atoms with Gasteiger partial charge in [-0.25, -0.2) is 4.79 Å². The Morgan fingerprint density at radius 3 is 2.27 bits per heavy atom. The molecule has 3 unspecified atom stereocenters. The minimum Gasteiger partial charge on any atom is -0.450 e. The Bertz CT molecular complexity index is 400. The predicted octanol–water partition coefficient (Wildman–Crippen LogP) is 2.42. The Morgan fingerprint density at radius 2 is 1.63 bits per heavy atom. The van der Waals surface area contributed by atoms with Gasteiger partial charge in [-0.2, -0.15) is 0 Å². The summed E-state index contributed by atoms with van der Waals surface area (Å²) in [7, 11) is 0. The molecule has 8 heteroatoms. The molecule has 0 aliphatic rings. The molecule has 0 aromatic carbocycles. The van der Waals surface area contributed by atoms with Crippen LogP contribution in [0.3, 0.4) is 0 Å². The van der Waals surface area contributed by atoms with Crippen molar-refractivity contribution < 1.29 is 29.2 Å². The van der Waals surface area contributed by atoms with Crippen molar-refractivity contribution in [2.75, 3.05) is 59.2 Å². The number of aliphatic hydroxyl groups excluding tert-OH is 2. The Hall–Kier alpha value is -0.930. The van der Waals surface area contributed by atoms with E-state index in [1.54, 1.807) is 6.92 Å². The van der Waals surface area contributed by atoms with Gasteiger partial charge in [0.1, 0.15) is 0 Å². The molecule has 0 radical (unpaired) electrons. The Labute approximate surface area is 183 Å². The average Bonchev–Trinajstić information content (AvgIpc) is 2.73. The molecule has 0 spiro atoms. The quantitative estimate of drug-likeness (QED) is 0.253. The Balaban J connectivity index is 3.96. The Kier molecular flexibility index (Phi) is 19.4. The maximum Gasteiger partial charge on any atom is 0.407 e. The number of amides is 1. The first-order valence-electron chi connectivity index (χ1n) is 11.6. The number of carbonyl (C=O) groups is 1. The van der Waals surface area contributed by atoms with Crippen LogP contribution in [0.25, 0.3) is 0 Å². The molecule has 0 saturated heterocycles. The minimum atomic E-state index is -0.504. The average molecular weight is 435 g/mol. The van der Waals surface area contributed by atoms with Crippen LogP contribution in [0.1, 0.15) is 59.8 Å². The highest BCUT2D eigenvalue weighted by Gasteiger charge is 2.12. The fourth-order valence-electron chi connectivity index (χ4n) is 2.93. The van der Waals surface area contributed by atoms with Gasteiger partial charge in [0, 0.05) is 32.8 Å². The molecule has 0 aromatic rings. The number of alkyl carbamates (subject to hydrolysis) is 1. The highest BCUT2D eigenvalue weighted by Crippen LogP contribution is 2.10. The van der Waals surface area contributed by atoms with E-state index in [-0.39, 0.29) is 12.2 Å². The molecule has 1 amide bonds. The van der Waals surface area contributed by atoms with Gasteiger partial charge < -0.3 is 34.6 Å². The third-order valence-electron chi connectivity index (χ3n) is 4.98. The normalized spacial score (nSPS) is 14.5. The maximum atomic E-state index is 11.3. The van der Waals surface area contributed by atoms with Crippen molar-refractivity contribution in [3.05, 3.63) is 0 Å². The van der Waals surface area contributed by atoms with Gasteiger partial charge in [0.05, 0.1) is 32.0 Å². The van der Waals surface area contributed by atoms with E-state index in [4.69, 9.17) is 14.2 Å². The molecule has 0 bridgehead atoms. The second kappa shape index (κ2) is 20.0. The zero-order chi connectivity index (χ0) is 22.6. The van der Waals surface area contributed by atoms with Crippen LogP contribution in [0.2, 0.25) is 0 Å². The van der Waals surface area contributed by atoms with E-state index in [1.165, 1.54) is 0 Å². The molecule has 30 heavy (non-hydrogen) atoms. The molecule has 0 aliphatic carbocycles. The lowest BCUT2D eigenvalue weighted by Gasteiger charge is -2.23. The smallest absolute Gasteiger partial charge is 0.407 e. The first-order valence-corrected chi connectivity index (χ1v) is 11.6. The SMILES string of the molecule is CCCN(CCNC(=O)OCC)CCC(O)COCC(CC)CCOCC(O)CC. The summed E-state index contributed by atoms with van der Waals surface area (Å²) in [5.74, 6) is 0.390. The van der Waals surface area contributed by atoms with Gasteiger partial charge in [-0.15, -0.1) is 0 Å². The summed E-state index contributed by atoms with van der Waals surface area (Å²) >= 11 is 0. The number of hydrogen-bond acceptors (Lipinski definition) is 7. The van der Waals surface area contributed by atoms with Crippen LogP contribution < -0.4 is 5.32 Å². The van der Waals surface area contributed by atoms with Crippen LogP contribution in [0, 0.1) is 5.92 Å². The second-order valence-electron chi connectivity index (χ2n) is 7.67. The summed E-state index contributed by atoms with van der Waals surface area (Å²) in [6, 6.07) is 0. The summed E-state index contributed by atoms with van der Waals surface area (Å²) in [4.78, 5) is 13.6. The van der Waals surface area contributed by atoms with E-state index in [0.29, 0.717) is 58.3 Å². The van der Waals surface area contributed by atoms with E-state index in [0.717, 1.165) is 38.9 Å². The summed E-state index contributed by atoms with van der Waals surface area (Å²) in [6.07, 6.45) is 2.96. The van der Waals surface area contributed by atoms with E-state index < -0.39 is 6.10 Å². The van der Waals surface area contributed by atoms with Crippen molar-refractivity contribution in [2.45, 2.75) is 72.0 Å². The Morgan fingerprint density at radius 1 is 0.900 bits per heavy atom. The number of aliphatic hydroxyl groups is 2. The first kappa shape index (κ1) is 29.1. The standard InChI is InChI=1S/C22H46N2O6/c1-5-12-24(14-11-23-22(27)30-8-4)13-9-21(26)18-29-16-19(6-2)10-15-28-17-20(25)7-3/h19-21,25-26H,5-18H2,1-4H3,(H,23,27). The van der Waals surface area contributed by atoms with E-state index in [2.05, 4.69) is 24.1 Å². The van der Waals surface area contributed by atoms with Gasteiger partial charge in [-0.3, -0.25) is 0 Å². The van der Waals surface area contributed by atoms with E-state index in [1.807, 2.05) is 6.92 Å². The molecule has 3 N–H and O–H groups in total. The molecule has 0 aliphatic heterocycles. The highest BCUT2D eigenvalue weighted by molar-refractivity contribution is 5.66. The lowest BCUT2D eigenvalue weighted by atomic mass is 10.0. The van der Waals surface area contributed by atoms with Gasteiger partial charge in [0.2, 0.25) is 0 Å². The molecule has 180 valence electrons.